The first-order chi connectivity index (χ1) is 24.3. The molecule has 0 atom stereocenters. The van der Waals surface area contributed by atoms with Crippen LogP contribution in [0.5, 0.6) is 0 Å². The van der Waals surface area contributed by atoms with Crippen molar-refractivity contribution in [3.63, 3.8) is 0 Å². The topological polar surface area (TPSA) is 38.7 Å². The second-order valence-corrected chi connectivity index (χ2v) is 13.1. The van der Waals surface area contributed by atoms with Crippen LogP contribution in [0, 0.1) is 0 Å². The molecule has 9 aromatic rings. The molecule has 0 aliphatic heterocycles. The summed E-state index contributed by atoms with van der Waals surface area (Å²) in [6, 6.07) is 61.6. The third-order valence-electron chi connectivity index (χ3n) is 8.94. The summed E-state index contributed by atoms with van der Waals surface area (Å²) < 4.78 is 2.54. The average Bonchev–Trinajstić information content (AvgIpc) is 3.57. The highest BCUT2D eigenvalue weighted by Crippen LogP contribution is 2.46. The van der Waals surface area contributed by atoms with E-state index >= 15 is 0 Å². The van der Waals surface area contributed by atoms with E-state index in [1.165, 1.54) is 48.0 Å². The fourth-order valence-corrected chi connectivity index (χ4v) is 7.74. The van der Waals surface area contributed by atoms with Gasteiger partial charge in [0.05, 0.1) is 0 Å². The van der Waals surface area contributed by atoms with Crippen molar-refractivity contribution < 1.29 is 0 Å². The van der Waals surface area contributed by atoms with Crippen LogP contribution in [0.2, 0.25) is 0 Å². The van der Waals surface area contributed by atoms with Gasteiger partial charge in [0.1, 0.15) is 0 Å². The maximum absolute atomic E-state index is 5.04. The van der Waals surface area contributed by atoms with E-state index in [2.05, 4.69) is 115 Å². The van der Waals surface area contributed by atoms with E-state index < -0.39 is 0 Å². The first kappa shape index (κ1) is 29.0. The number of thiophene rings is 1. The standard InChI is InChI=1S/C45H29N3S/c1-5-14-30(15-6-1)34-24-25-38-40(29-34)49-39-27-26-37(31-16-7-2-8-17-31)41(42(38)39)35-22-13-23-36(28-35)45-47-43(32-18-9-3-10-19-32)46-44(48-45)33-20-11-4-12-21-33/h1-29H. The van der Waals surface area contributed by atoms with Crippen molar-refractivity contribution in [2.75, 3.05) is 0 Å². The zero-order valence-corrected chi connectivity index (χ0v) is 27.3. The molecule has 0 amide bonds. The number of rotatable bonds is 6. The molecular formula is C45H29N3S. The van der Waals surface area contributed by atoms with E-state index in [9.17, 15) is 0 Å². The van der Waals surface area contributed by atoms with Crippen LogP contribution >= 0.6 is 11.3 Å². The molecule has 0 aliphatic carbocycles. The number of benzene rings is 7. The van der Waals surface area contributed by atoms with Gasteiger partial charge in [0.2, 0.25) is 0 Å². The summed E-state index contributed by atoms with van der Waals surface area (Å²) in [5.74, 6) is 1.95. The van der Waals surface area contributed by atoms with E-state index in [0.717, 1.165) is 22.3 Å². The van der Waals surface area contributed by atoms with Crippen LogP contribution in [0.3, 0.4) is 0 Å². The lowest BCUT2D eigenvalue weighted by atomic mass is 9.89. The van der Waals surface area contributed by atoms with Crippen molar-refractivity contribution in [1.29, 1.82) is 0 Å². The normalized spacial score (nSPS) is 11.3. The van der Waals surface area contributed by atoms with E-state index in [1.54, 1.807) is 0 Å². The Morgan fingerprint density at radius 1 is 0.327 bits per heavy atom. The summed E-state index contributed by atoms with van der Waals surface area (Å²) in [6.45, 7) is 0. The lowest BCUT2D eigenvalue weighted by Crippen LogP contribution is -2.00. The lowest BCUT2D eigenvalue weighted by molar-refractivity contribution is 1.07. The fourth-order valence-electron chi connectivity index (χ4n) is 6.59. The van der Waals surface area contributed by atoms with Gasteiger partial charge in [-0.1, -0.05) is 158 Å². The molecule has 9 rings (SSSR count). The summed E-state index contributed by atoms with van der Waals surface area (Å²) in [4.78, 5) is 15.0. The molecule has 2 heterocycles. The average molecular weight is 644 g/mol. The smallest absolute Gasteiger partial charge is 0.164 e. The molecule has 230 valence electrons. The molecule has 4 heteroatoms. The predicted molar refractivity (Wildman–Crippen MR) is 205 cm³/mol. The largest absolute Gasteiger partial charge is 0.208 e. The Kier molecular flexibility index (Phi) is 7.34. The van der Waals surface area contributed by atoms with E-state index in [1.807, 2.05) is 72.0 Å². The van der Waals surface area contributed by atoms with Gasteiger partial charge in [-0.3, -0.25) is 0 Å². The molecule has 7 aromatic carbocycles. The first-order valence-corrected chi connectivity index (χ1v) is 17.2. The Balaban J connectivity index is 1.26. The van der Waals surface area contributed by atoms with Crippen LogP contribution in [0.1, 0.15) is 0 Å². The molecule has 0 radical (unpaired) electrons. The van der Waals surface area contributed by atoms with Gasteiger partial charge in [-0.05, 0) is 51.6 Å². The molecule has 49 heavy (non-hydrogen) atoms. The van der Waals surface area contributed by atoms with Crippen LogP contribution in [0.4, 0.5) is 0 Å². The monoisotopic (exact) mass is 643 g/mol. The highest BCUT2D eigenvalue weighted by molar-refractivity contribution is 7.26. The quantitative estimate of drug-likeness (QED) is 0.181. The number of aromatic nitrogens is 3. The van der Waals surface area contributed by atoms with Crippen LogP contribution in [0.15, 0.2) is 176 Å². The third kappa shape index (κ3) is 5.48. The van der Waals surface area contributed by atoms with E-state index in [0.29, 0.717) is 17.5 Å². The summed E-state index contributed by atoms with van der Waals surface area (Å²) >= 11 is 1.85. The SMILES string of the molecule is c1ccc(-c2ccc3c(c2)sc2ccc(-c4ccccc4)c(-c4cccc(-c5nc(-c6ccccc6)nc(-c6ccccc6)n5)c4)c23)cc1. The minimum atomic E-state index is 0.644. The van der Waals surface area contributed by atoms with Gasteiger partial charge in [0, 0.05) is 36.9 Å². The number of hydrogen-bond donors (Lipinski definition) is 0. The highest BCUT2D eigenvalue weighted by atomic mass is 32.1. The fraction of sp³-hybridized carbons (Fsp3) is 0. The van der Waals surface area contributed by atoms with E-state index in [-0.39, 0.29) is 0 Å². The molecule has 0 saturated heterocycles. The Labute approximate surface area is 288 Å². The number of fused-ring (bicyclic) bond motifs is 3. The van der Waals surface area contributed by atoms with Crippen LogP contribution in [-0.4, -0.2) is 15.0 Å². The summed E-state index contributed by atoms with van der Waals surface area (Å²) in [5.41, 5.74) is 10.0. The molecule has 0 fully saturated rings. The van der Waals surface area contributed by atoms with Crippen molar-refractivity contribution in [3.05, 3.63) is 176 Å². The number of hydrogen-bond acceptors (Lipinski definition) is 4. The minimum absolute atomic E-state index is 0.644. The Hall–Kier alpha value is -6.23. The van der Waals surface area contributed by atoms with Crippen molar-refractivity contribution in [2.24, 2.45) is 0 Å². The van der Waals surface area contributed by atoms with Gasteiger partial charge < -0.3 is 0 Å². The molecule has 0 aliphatic rings. The van der Waals surface area contributed by atoms with Crippen LogP contribution < -0.4 is 0 Å². The zero-order chi connectivity index (χ0) is 32.6. The Morgan fingerprint density at radius 3 is 1.45 bits per heavy atom. The second-order valence-electron chi connectivity index (χ2n) is 12.0. The minimum Gasteiger partial charge on any atom is -0.208 e. The van der Waals surface area contributed by atoms with Gasteiger partial charge in [-0.25, -0.2) is 15.0 Å². The molecule has 2 aromatic heterocycles. The van der Waals surface area contributed by atoms with E-state index in [4.69, 9.17) is 15.0 Å². The van der Waals surface area contributed by atoms with Crippen LogP contribution in [-0.2, 0) is 0 Å². The first-order valence-electron chi connectivity index (χ1n) is 16.4. The molecule has 3 nitrogen and oxygen atoms in total. The third-order valence-corrected chi connectivity index (χ3v) is 10.1. The maximum atomic E-state index is 5.04. The predicted octanol–water partition coefficient (Wildman–Crippen LogP) is 12.2. The highest BCUT2D eigenvalue weighted by Gasteiger charge is 2.19. The Bertz CT molecular complexity index is 2520. The maximum Gasteiger partial charge on any atom is 0.164 e. The van der Waals surface area contributed by atoms with Gasteiger partial charge in [0.25, 0.3) is 0 Å². The number of nitrogens with zero attached hydrogens (tertiary/aromatic N) is 3. The second kappa shape index (κ2) is 12.4. The molecule has 0 N–H and O–H groups in total. The van der Waals surface area contributed by atoms with Crippen LogP contribution in [0.25, 0.3) is 87.7 Å². The van der Waals surface area contributed by atoms with Crippen molar-refractivity contribution in [3.8, 4) is 67.5 Å². The van der Waals surface area contributed by atoms with Crippen molar-refractivity contribution in [1.82, 2.24) is 15.0 Å². The lowest BCUT2D eigenvalue weighted by Gasteiger charge is -2.14. The van der Waals surface area contributed by atoms with Gasteiger partial charge >= 0.3 is 0 Å². The summed E-state index contributed by atoms with van der Waals surface area (Å²) in [6.07, 6.45) is 0. The zero-order valence-electron chi connectivity index (χ0n) is 26.5. The molecular weight excluding hydrogens is 615 g/mol. The van der Waals surface area contributed by atoms with Gasteiger partial charge in [0.15, 0.2) is 17.5 Å². The molecule has 0 unspecified atom stereocenters. The summed E-state index contributed by atoms with van der Waals surface area (Å²) in [5, 5.41) is 2.53. The molecule has 0 bridgehead atoms. The Morgan fingerprint density at radius 2 is 0.837 bits per heavy atom. The van der Waals surface area contributed by atoms with Crippen molar-refractivity contribution in [2.45, 2.75) is 0 Å². The molecule has 0 spiro atoms. The van der Waals surface area contributed by atoms with Gasteiger partial charge in [-0.2, -0.15) is 0 Å². The van der Waals surface area contributed by atoms with Crippen molar-refractivity contribution >= 4 is 31.5 Å². The van der Waals surface area contributed by atoms with Gasteiger partial charge in [-0.15, -0.1) is 11.3 Å². The molecule has 0 saturated carbocycles. The summed E-state index contributed by atoms with van der Waals surface area (Å²) in [7, 11) is 0.